The number of anilines is 1. The van der Waals surface area contributed by atoms with Gasteiger partial charge < -0.3 is 14.7 Å². The summed E-state index contributed by atoms with van der Waals surface area (Å²) in [5.41, 5.74) is 1.02. The van der Waals surface area contributed by atoms with Crippen LogP contribution < -0.4 is 4.90 Å². The second-order valence-corrected chi connectivity index (χ2v) is 5.29. The van der Waals surface area contributed by atoms with Crippen molar-refractivity contribution in [2.45, 2.75) is 0 Å². The molecule has 0 radical (unpaired) electrons. The molecule has 0 bridgehead atoms. The van der Waals surface area contributed by atoms with Gasteiger partial charge in [-0.3, -0.25) is 4.57 Å². The van der Waals surface area contributed by atoms with E-state index < -0.39 is 5.97 Å². The van der Waals surface area contributed by atoms with Crippen LogP contribution in [0.3, 0.4) is 0 Å². The average molecular weight is 326 g/mol. The highest BCUT2D eigenvalue weighted by atomic mass is 16.5. The lowest BCUT2D eigenvalue weighted by molar-refractivity contribution is 0.0691. The summed E-state index contributed by atoms with van der Waals surface area (Å²) in [5.74, 6) is -0.00928. The van der Waals surface area contributed by atoms with Crippen molar-refractivity contribution in [1.29, 1.82) is 0 Å². The molecular formula is C15H14N6O3. The van der Waals surface area contributed by atoms with Gasteiger partial charge in [-0.1, -0.05) is 0 Å². The molecule has 122 valence electrons. The van der Waals surface area contributed by atoms with Crippen LogP contribution in [-0.4, -0.2) is 61.9 Å². The lowest BCUT2D eigenvalue weighted by atomic mass is 10.2. The first-order valence-electron chi connectivity index (χ1n) is 7.45. The van der Waals surface area contributed by atoms with Crippen LogP contribution in [0.5, 0.6) is 0 Å². The number of hydrogen-bond donors (Lipinski definition) is 1. The molecule has 0 unspecified atom stereocenters. The first kappa shape index (κ1) is 14.5. The normalized spacial score (nSPS) is 14.9. The predicted octanol–water partition coefficient (Wildman–Crippen LogP) is 0.745. The molecule has 0 saturated carbocycles. The van der Waals surface area contributed by atoms with Crippen molar-refractivity contribution in [2.24, 2.45) is 0 Å². The van der Waals surface area contributed by atoms with Crippen LogP contribution >= 0.6 is 0 Å². The van der Waals surface area contributed by atoms with E-state index in [-0.39, 0.29) is 5.69 Å². The number of ether oxygens (including phenoxy) is 1. The van der Waals surface area contributed by atoms with Gasteiger partial charge in [-0.15, -0.1) is 0 Å². The second kappa shape index (κ2) is 5.85. The number of nitrogens with zero attached hydrogens (tertiary/aromatic N) is 6. The van der Waals surface area contributed by atoms with Crippen molar-refractivity contribution in [1.82, 2.24) is 24.5 Å². The van der Waals surface area contributed by atoms with Crippen LogP contribution in [-0.2, 0) is 4.74 Å². The topological polar surface area (TPSA) is 106 Å². The second-order valence-electron chi connectivity index (χ2n) is 5.29. The van der Waals surface area contributed by atoms with E-state index in [9.17, 15) is 9.90 Å². The first-order valence-corrected chi connectivity index (χ1v) is 7.45. The Hall–Kier alpha value is -3.07. The summed E-state index contributed by atoms with van der Waals surface area (Å²) in [6, 6.07) is 3.09. The predicted molar refractivity (Wildman–Crippen MR) is 84.4 cm³/mol. The van der Waals surface area contributed by atoms with E-state index in [0.29, 0.717) is 49.1 Å². The third kappa shape index (κ3) is 2.54. The van der Waals surface area contributed by atoms with Gasteiger partial charge in [0.25, 0.3) is 0 Å². The molecule has 0 amide bonds. The molecule has 3 aromatic rings. The zero-order valence-corrected chi connectivity index (χ0v) is 12.7. The summed E-state index contributed by atoms with van der Waals surface area (Å²) in [6.07, 6.45) is 5.01. The maximum Gasteiger partial charge on any atom is 0.354 e. The lowest BCUT2D eigenvalue weighted by Gasteiger charge is -2.28. The molecule has 1 saturated heterocycles. The van der Waals surface area contributed by atoms with Crippen molar-refractivity contribution >= 4 is 22.8 Å². The van der Waals surface area contributed by atoms with E-state index in [0.717, 1.165) is 0 Å². The Labute approximate surface area is 136 Å². The Morgan fingerprint density at radius 3 is 2.71 bits per heavy atom. The van der Waals surface area contributed by atoms with E-state index in [4.69, 9.17) is 4.74 Å². The summed E-state index contributed by atoms with van der Waals surface area (Å²) < 4.78 is 7.09. The number of fused-ring (bicyclic) bond motifs is 1. The third-order valence-electron chi connectivity index (χ3n) is 3.78. The van der Waals surface area contributed by atoms with Gasteiger partial charge in [-0.25, -0.2) is 19.7 Å². The average Bonchev–Trinajstić information content (AvgIpc) is 3.15. The fourth-order valence-electron chi connectivity index (χ4n) is 2.59. The summed E-state index contributed by atoms with van der Waals surface area (Å²) in [5, 5.41) is 9.20. The standard InChI is InChI=1S/C15H14N6O3/c22-14(23)11-2-1-10-12(17-11)13(20-5-7-24-8-6-20)19-15(18-10)21-4-3-16-9-21/h1-4,9H,5-8H2,(H,22,23). The molecule has 9 heteroatoms. The molecule has 24 heavy (non-hydrogen) atoms. The Bertz CT molecular complexity index is 890. The van der Waals surface area contributed by atoms with Gasteiger partial charge in [0.2, 0.25) is 5.95 Å². The minimum absolute atomic E-state index is 0.0315. The minimum Gasteiger partial charge on any atom is -0.477 e. The fourth-order valence-corrected chi connectivity index (χ4v) is 2.59. The molecule has 1 aliphatic rings. The smallest absolute Gasteiger partial charge is 0.354 e. The molecule has 1 N–H and O–H groups in total. The highest BCUT2D eigenvalue weighted by molar-refractivity contribution is 5.92. The van der Waals surface area contributed by atoms with Crippen LogP contribution in [0.1, 0.15) is 10.5 Å². The fraction of sp³-hybridized carbons (Fsp3) is 0.267. The van der Waals surface area contributed by atoms with E-state index in [1.54, 1.807) is 29.4 Å². The zero-order chi connectivity index (χ0) is 16.5. The molecule has 3 aromatic heterocycles. The highest BCUT2D eigenvalue weighted by Crippen LogP contribution is 2.24. The number of pyridine rings is 1. The van der Waals surface area contributed by atoms with Crippen LogP contribution in [0.25, 0.3) is 17.0 Å². The number of carboxylic acids is 1. The van der Waals surface area contributed by atoms with Crippen molar-refractivity contribution in [3.63, 3.8) is 0 Å². The van der Waals surface area contributed by atoms with E-state index >= 15 is 0 Å². The third-order valence-corrected chi connectivity index (χ3v) is 3.78. The van der Waals surface area contributed by atoms with Gasteiger partial charge in [0.15, 0.2) is 5.82 Å². The van der Waals surface area contributed by atoms with Gasteiger partial charge in [-0.2, -0.15) is 4.98 Å². The lowest BCUT2D eigenvalue weighted by Crippen LogP contribution is -2.37. The maximum absolute atomic E-state index is 11.2. The number of aromatic carboxylic acids is 1. The minimum atomic E-state index is -1.08. The monoisotopic (exact) mass is 326 g/mol. The summed E-state index contributed by atoms with van der Waals surface area (Å²) >= 11 is 0. The molecule has 0 aromatic carbocycles. The molecule has 0 spiro atoms. The van der Waals surface area contributed by atoms with Gasteiger partial charge in [0.05, 0.1) is 18.7 Å². The molecular weight excluding hydrogens is 312 g/mol. The largest absolute Gasteiger partial charge is 0.477 e. The van der Waals surface area contributed by atoms with Gasteiger partial charge in [0, 0.05) is 25.5 Å². The van der Waals surface area contributed by atoms with Crippen molar-refractivity contribution in [3.05, 3.63) is 36.5 Å². The molecule has 1 fully saturated rings. The molecule has 4 heterocycles. The Kier molecular flexibility index (Phi) is 3.54. The van der Waals surface area contributed by atoms with Crippen LogP contribution in [0.15, 0.2) is 30.9 Å². The molecule has 0 aliphatic carbocycles. The Morgan fingerprint density at radius 1 is 1.17 bits per heavy atom. The van der Waals surface area contributed by atoms with Crippen LogP contribution in [0.4, 0.5) is 5.82 Å². The maximum atomic E-state index is 11.2. The van der Waals surface area contributed by atoms with Crippen LogP contribution in [0, 0.1) is 0 Å². The van der Waals surface area contributed by atoms with Gasteiger partial charge >= 0.3 is 5.97 Å². The van der Waals surface area contributed by atoms with Gasteiger partial charge in [0.1, 0.15) is 17.5 Å². The van der Waals surface area contributed by atoms with Crippen molar-refractivity contribution in [2.75, 3.05) is 31.2 Å². The van der Waals surface area contributed by atoms with E-state index in [1.807, 2.05) is 4.90 Å². The number of imidazole rings is 1. The van der Waals surface area contributed by atoms with Crippen molar-refractivity contribution in [3.8, 4) is 5.95 Å². The zero-order valence-electron chi connectivity index (χ0n) is 12.7. The molecule has 1 aliphatic heterocycles. The SMILES string of the molecule is O=C(O)c1ccc2nc(-n3ccnc3)nc(N3CCOCC3)c2n1. The van der Waals surface area contributed by atoms with Crippen molar-refractivity contribution < 1.29 is 14.6 Å². The molecule has 9 nitrogen and oxygen atoms in total. The van der Waals surface area contributed by atoms with E-state index in [1.165, 1.54) is 6.07 Å². The number of hydrogen-bond acceptors (Lipinski definition) is 7. The number of rotatable bonds is 3. The number of morpholine rings is 1. The number of aromatic nitrogens is 5. The molecule has 0 atom stereocenters. The van der Waals surface area contributed by atoms with Crippen LogP contribution in [0.2, 0.25) is 0 Å². The Balaban J connectivity index is 1.92. The van der Waals surface area contributed by atoms with E-state index in [2.05, 4.69) is 19.9 Å². The Morgan fingerprint density at radius 2 is 2.00 bits per heavy atom. The van der Waals surface area contributed by atoms with Gasteiger partial charge in [-0.05, 0) is 12.1 Å². The number of carbonyl (C=O) groups is 1. The quantitative estimate of drug-likeness (QED) is 0.751. The summed E-state index contributed by atoms with van der Waals surface area (Å²) in [4.78, 5) is 30.6. The summed E-state index contributed by atoms with van der Waals surface area (Å²) in [6.45, 7) is 2.50. The summed E-state index contributed by atoms with van der Waals surface area (Å²) in [7, 11) is 0. The first-order chi connectivity index (χ1) is 11.7. The number of carboxylic acid groups (broad SMARTS) is 1. The molecule has 4 rings (SSSR count). The highest BCUT2D eigenvalue weighted by Gasteiger charge is 2.20.